The van der Waals surface area contributed by atoms with E-state index in [4.69, 9.17) is 9.84 Å². The standard InChI is InChI=1S/C14H25NO4/c1-10(2)6-11(3)7-13(16)15-4-5-19-9-12(15)8-14(17)18/h10-12H,4-9H2,1-3H3,(H,17,18). The Labute approximate surface area is 114 Å². The molecule has 1 aliphatic rings. The maximum atomic E-state index is 12.3. The van der Waals surface area contributed by atoms with Crippen LogP contribution in [0.2, 0.25) is 0 Å². The summed E-state index contributed by atoms with van der Waals surface area (Å²) in [5.41, 5.74) is 0. The van der Waals surface area contributed by atoms with Crippen LogP contribution in [0.25, 0.3) is 0 Å². The summed E-state index contributed by atoms with van der Waals surface area (Å²) >= 11 is 0. The van der Waals surface area contributed by atoms with Crippen LogP contribution in [0.1, 0.15) is 40.0 Å². The summed E-state index contributed by atoms with van der Waals surface area (Å²) in [4.78, 5) is 24.8. The zero-order chi connectivity index (χ0) is 14.4. The van der Waals surface area contributed by atoms with Crippen molar-refractivity contribution in [3.05, 3.63) is 0 Å². The summed E-state index contributed by atoms with van der Waals surface area (Å²) in [6.45, 7) is 7.69. The highest BCUT2D eigenvalue weighted by molar-refractivity contribution is 5.78. The molecule has 0 aromatic heterocycles. The number of carboxylic acids is 1. The van der Waals surface area contributed by atoms with Crippen molar-refractivity contribution in [2.45, 2.75) is 46.1 Å². The van der Waals surface area contributed by atoms with Gasteiger partial charge in [0.1, 0.15) is 0 Å². The second-order valence-electron chi connectivity index (χ2n) is 5.85. The Bertz CT molecular complexity index is 317. The topological polar surface area (TPSA) is 66.8 Å². The highest BCUT2D eigenvalue weighted by atomic mass is 16.5. The van der Waals surface area contributed by atoms with Gasteiger partial charge in [-0.05, 0) is 18.3 Å². The molecule has 0 radical (unpaired) electrons. The lowest BCUT2D eigenvalue weighted by Crippen LogP contribution is -2.49. The lowest BCUT2D eigenvalue weighted by molar-refractivity contribution is -0.146. The molecule has 1 fully saturated rings. The van der Waals surface area contributed by atoms with Crippen molar-refractivity contribution in [1.29, 1.82) is 0 Å². The molecule has 0 aromatic carbocycles. The van der Waals surface area contributed by atoms with Gasteiger partial charge in [0, 0.05) is 13.0 Å². The maximum absolute atomic E-state index is 12.3. The van der Waals surface area contributed by atoms with Gasteiger partial charge in [0.2, 0.25) is 5.91 Å². The van der Waals surface area contributed by atoms with E-state index in [1.807, 2.05) is 0 Å². The van der Waals surface area contributed by atoms with E-state index < -0.39 is 5.97 Å². The average molecular weight is 271 g/mol. The first kappa shape index (κ1) is 16.0. The van der Waals surface area contributed by atoms with E-state index in [-0.39, 0.29) is 18.4 Å². The summed E-state index contributed by atoms with van der Waals surface area (Å²) in [5, 5.41) is 8.87. The first-order valence-electron chi connectivity index (χ1n) is 6.99. The molecule has 1 aliphatic heterocycles. The maximum Gasteiger partial charge on any atom is 0.305 e. The van der Waals surface area contributed by atoms with Gasteiger partial charge in [-0.25, -0.2) is 0 Å². The fraction of sp³-hybridized carbons (Fsp3) is 0.857. The molecule has 2 unspecified atom stereocenters. The quantitative estimate of drug-likeness (QED) is 0.799. The van der Waals surface area contributed by atoms with Gasteiger partial charge in [0.25, 0.3) is 0 Å². The van der Waals surface area contributed by atoms with Crippen LogP contribution in [0.15, 0.2) is 0 Å². The van der Waals surface area contributed by atoms with E-state index in [1.54, 1.807) is 4.90 Å². The summed E-state index contributed by atoms with van der Waals surface area (Å²) in [5.74, 6) is 0.0781. The molecule has 1 saturated heterocycles. The van der Waals surface area contributed by atoms with Gasteiger partial charge in [0.05, 0.1) is 25.7 Å². The number of carbonyl (C=O) groups excluding carboxylic acids is 1. The van der Waals surface area contributed by atoms with Crippen LogP contribution in [-0.2, 0) is 14.3 Å². The van der Waals surface area contributed by atoms with Gasteiger partial charge in [-0.1, -0.05) is 20.8 Å². The van der Waals surface area contributed by atoms with Crippen LogP contribution >= 0.6 is 0 Å². The Morgan fingerprint density at radius 1 is 1.37 bits per heavy atom. The van der Waals surface area contributed by atoms with Crippen LogP contribution < -0.4 is 0 Å². The van der Waals surface area contributed by atoms with E-state index in [9.17, 15) is 9.59 Å². The zero-order valence-corrected chi connectivity index (χ0v) is 12.1. The number of carbonyl (C=O) groups is 2. The van der Waals surface area contributed by atoms with Crippen LogP contribution in [0.3, 0.4) is 0 Å². The predicted octanol–water partition coefficient (Wildman–Crippen LogP) is 1.76. The molecule has 0 spiro atoms. The van der Waals surface area contributed by atoms with Crippen LogP contribution in [0.4, 0.5) is 0 Å². The molecular weight excluding hydrogens is 246 g/mol. The molecule has 1 N–H and O–H groups in total. The molecule has 1 heterocycles. The summed E-state index contributed by atoms with van der Waals surface area (Å²) in [6.07, 6.45) is 1.47. The van der Waals surface area contributed by atoms with Gasteiger partial charge >= 0.3 is 5.97 Å². The Kier molecular flexibility index (Phi) is 6.28. The minimum atomic E-state index is -0.886. The van der Waals surface area contributed by atoms with Crippen LogP contribution in [0, 0.1) is 11.8 Å². The van der Waals surface area contributed by atoms with Crippen LogP contribution in [0.5, 0.6) is 0 Å². The molecular formula is C14H25NO4. The SMILES string of the molecule is CC(C)CC(C)CC(=O)N1CCOCC1CC(=O)O. The van der Waals surface area contributed by atoms with Crippen LogP contribution in [-0.4, -0.2) is 47.7 Å². The van der Waals surface area contributed by atoms with Gasteiger partial charge in [0.15, 0.2) is 0 Å². The minimum Gasteiger partial charge on any atom is -0.481 e. The monoisotopic (exact) mass is 271 g/mol. The number of ether oxygens (including phenoxy) is 1. The Balaban J connectivity index is 2.54. The van der Waals surface area contributed by atoms with E-state index in [0.717, 1.165) is 6.42 Å². The van der Waals surface area contributed by atoms with Crippen molar-refractivity contribution in [2.75, 3.05) is 19.8 Å². The molecule has 110 valence electrons. The first-order chi connectivity index (χ1) is 8.90. The number of amides is 1. The fourth-order valence-corrected chi connectivity index (χ4v) is 2.66. The summed E-state index contributed by atoms with van der Waals surface area (Å²) < 4.78 is 5.28. The molecule has 5 nitrogen and oxygen atoms in total. The third-order valence-electron chi connectivity index (χ3n) is 3.35. The zero-order valence-electron chi connectivity index (χ0n) is 12.1. The molecule has 19 heavy (non-hydrogen) atoms. The Hall–Kier alpha value is -1.10. The minimum absolute atomic E-state index is 0.0374. The van der Waals surface area contributed by atoms with E-state index in [1.165, 1.54) is 0 Å². The average Bonchev–Trinajstić information content (AvgIpc) is 2.27. The first-order valence-corrected chi connectivity index (χ1v) is 6.99. The number of carboxylic acid groups (broad SMARTS) is 1. The van der Waals surface area contributed by atoms with Crippen molar-refractivity contribution >= 4 is 11.9 Å². The lowest BCUT2D eigenvalue weighted by Gasteiger charge is -2.35. The lowest BCUT2D eigenvalue weighted by atomic mass is 9.95. The molecule has 5 heteroatoms. The largest absolute Gasteiger partial charge is 0.481 e. The van der Waals surface area contributed by atoms with Crippen molar-refractivity contribution in [3.63, 3.8) is 0 Å². The van der Waals surface area contributed by atoms with Gasteiger partial charge in [-0.3, -0.25) is 9.59 Å². The number of aliphatic carboxylic acids is 1. The van der Waals surface area contributed by atoms with Crippen molar-refractivity contribution in [2.24, 2.45) is 11.8 Å². The van der Waals surface area contributed by atoms with E-state index in [0.29, 0.717) is 38.0 Å². The second kappa shape index (κ2) is 7.48. The number of rotatable bonds is 6. The molecule has 0 bridgehead atoms. The van der Waals surface area contributed by atoms with Crippen molar-refractivity contribution in [3.8, 4) is 0 Å². The van der Waals surface area contributed by atoms with Gasteiger partial charge < -0.3 is 14.7 Å². The third-order valence-corrected chi connectivity index (χ3v) is 3.35. The molecule has 0 aromatic rings. The smallest absolute Gasteiger partial charge is 0.305 e. The third kappa shape index (κ3) is 5.59. The molecule has 1 rings (SSSR count). The summed E-state index contributed by atoms with van der Waals surface area (Å²) in [6, 6.07) is -0.315. The highest BCUT2D eigenvalue weighted by Crippen LogP contribution is 2.19. The fourth-order valence-electron chi connectivity index (χ4n) is 2.66. The highest BCUT2D eigenvalue weighted by Gasteiger charge is 2.29. The van der Waals surface area contributed by atoms with Gasteiger partial charge in [-0.2, -0.15) is 0 Å². The van der Waals surface area contributed by atoms with E-state index in [2.05, 4.69) is 20.8 Å². The predicted molar refractivity (Wildman–Crippen MR) is 71.8 cm³/mol. The van der Waals surface area contributed by atoms with Gasteiger partial charge in [-0.15, -0.1) is 0 Å². The number of morpholine rings is 1. The molecule has 2 atom stereocenters. The number of hydrogen-bond donors (Lipinski definition) is 1. The van der Waals surface area contributed by atoms with Crippen molar-refractivity contribution in [1.82, 2.24) is 4.90 Å². The molecule has 0 saturated carbocycles. The molecule has 1 amide bonds. The normalized spacial score (nSPS) is 21.5. The number of nitrogens with zero attached hydrogens (tertiary/aromatic N) is 1. The summed E-state index contributed by atoms with van der Waals surface area (Å²) in [7, 11) is 0. The Morgan fingerprint density at radius 2 is 2.05 bits per heavy atom. The van der Waals surface area contributed by atoms with E-state index >= 15 is 0 Å². The van der Waals surface area contributed by atoms with Crippen molar-refractivity contribution < 1.29 is 19.4 Å². The molecule has 0 aliphatic carbocycles. The second-order valence-corrected chi connectivity index (χ2v) is 5.85. The number of hydrogen-bond acceptors (Lipinski definition) is 3. The Morgan fingerprint density at radius 3 is 2.63 bits per heavy atom.